The number of allylic oxidation sites excluding steroid dienone is 1. The molecule has 1 unspecified atom stereocenters. The Morgan fingerprint density at radius 1 is 1.13 bits per heavy atom. The molecule has 0 aliphatic rings. The molecule has 1 aromatic rings. The van der Waals surface area contributed by atoms with Gasteiger partial charge < -0.3 is 4.74 Å². The summed E-state index contributed by atoms with van der Waals surface area (Å²) < 4.78 is 45.9. The van der Waals surface area contributed by atoms with Gasteiger partial charge in [-0.15, -0.1) is 0 Å². The van der Waals surface area contributed by atoms with E-state index < -0.39 is 47.8 Å². The van der Waals surface area contributed by atoms with Crippen LogP contribution in [0.15, 0.2) is 36.4 Å². The number of hydrogen-bond donors (Lipinski definition) is 2. The molecule has 1 rings (SSSR count). The van der Waals surface area contributed by atoms with Crippen LogP contribution in [0.25, 0.3) is 6.08 Å². The smallest absolute Gasteiger partial charge is 0.389 e. The molecule has 0 saturated heterocycles. The highest BCUT2D eigenvalue weighted by Gasteiger charge is 2.45. The summed E-state index contributed by atoms with van der Waals surface area (Å²) >= 11 is 0. The predicted octanol–water partition coefficient (Wildman–Crippen LogP) is 4.88. The third kappa shape index (κ3) is 10.0. The first-order chi connectivity index (χ1) is 14.2. The molecule has 8 heteroatoms. The first-order valence-corrected chi connectivity index (χ1v) is 10.3. The summed E-state index contributed by atoms with van der Waals surface area (Å²) in [7, 11) is 0. The Kier molecular flexibility index (Phi) is 9.74. The summed E-state index contributed by atoms with van der Waals surface area (Å²) in [6.07, 6.45) is -2.77. The fraction of sp³-hybridized carbons (Fsp3) is 0.565. The van der Waals surface area contributed by atoms with Crippen molar-refractivity contribution in [1.82, 2.24) is 5.43 Å². The molecule has 0 aromatic heterocycles. The van der Waals surface area contributed by atoms with Gasteiger partial charge in [0.15, 0.2) is 0 Å². The van der Waals surface area contributed by atoms with Crippen molar-refractivity contribution < 1.29 is 27.5 Å². The Morgan fingerprint density at radius 2 is 1.71 bits per heavy atom. The van der Waals surface area contributed by atoms with Gasteiger partial charge in [0.25, 0.3) is 0 Å². The van der Waals surface area contributed by atoms with Gasteiger partial charge >= 0.3 is 12.1 Å². The predicted molar refractivity (Wildman–Crippen MR) is 114 cm³/mol. The monoisotopic (exact) mass is 442 g/mol. The van der Waals surface area contributed by atoms with Gasteiger partial charge in [0.1, 0.15) is 5.60 Å². The van der Waals surface area contributed by atoms with Gasteiger partial charge in [-0.05, 0) is 44.6 Å². The maximum absolute atomic E-state index is 13.5. The summed E-state index contributed by atoms with van der Waals surface area (Å²) in [5, 5.41) is 0. The second-order valence-electron chi connectivity index (χ2n) is 9.06. The van der Waals surface area contributed by atoms with Crippen molar-refractivity contribution in [3.63, 3.8) is 0 Å². The highest BCUT2D eigenvalue weighted by molar-refractivity contribution is 5.85. The molecule has 31 heavy (non-hydrogen) atoms. The molecule has 0 heterocycles. The van der Waals surface area contributed by atoms with E-state index in [9.17, 15) is 22.8 Å². The number of hydrazine groups is 1. The molecule has 174 valence electrons. The fourth-order valence-corrected chi connectivity index (χ4v) is 3.42. The number of alkyl halides is 3. The van der Waals surface area contributed by atoms with E-state index in [1.54, 1.807) is 51.1 Å². The van der Waals surface area contributed by atoms with E-state index in [0.717, 1.165) is 0 Å². The van der Waals surface area contributed by atoms with E-state index in [1.165, 1.54) is 12.2 Å². The van der Waals surface area contributed by atoms with Crippen LogP contribution in [0.3, 0.4) is 0 Å². The minimum absolute atomic E-state index is 0.0584. The van der Waals surface area contributed by atoms with Crippen LogP contribution in [-0.4, -0.2) is 23.7 Å². The van der Waals surface area contributed by atoms with E-state index in [4.69, 9.17) is 10.6 Å². The maximum atomic E-state index is 13.5. The van der Waals surface area contributed by atoms with Gasteiger partial charge in [0.05, 0.1) is 18.3 Å². The normalized spacial score (nSPS) is 15.5. The molecule has 0 aliphatic carbocycles. The highest BCUT2D eigenvalue weighted by Crippen LogP contribution is 2.37. The quantitative estimate of drug-likeness (QED) is 0.247. The number of amides is 1. The van der Waals surface area contributed by atoms with E-state index >= 15 is 0 Å². The molecule has 0 bridgehead atoms. The molecule has 0 saturated carbocycles. The maximum Gasteiger partial charge on any atom is 0.389 e. The number of nitrogens with two attached hydrogens (primary N) is 1. The van der Waals surface area contributed by atoms with Crippen LogP contribution >= 0.6 is 0 Å². The molecule has 0 aliphatic heterocycles. The molecule has 1 aromatic carbocycles. The van der Waals surface area contributed by atoms with Crippen LogP contribution in [0, 0.1) is 23.7 Å². The summed E-state index contributed by atoms with van der Waals surface area (Å²) in [6.45, 7) is 8.52. The summed E-state index contributed by atoms with van der Waals surface area (Å²) in [5.74, 6) is -0.0274. The number of nitrogens with one attached hydrogen (secondary N) is 1. The third-order valence-electron chi connectivity index (χ3n) is 4.58. The van der Waals surface area contributed by atoms with E-state index in [0.29, 0.717) is 5.56 Å². The number of hydrogen-bond acceptors (Lipinski definition) is 4. The van der Waals surface area contributed by atoms with Gasteiger partial charge in [-0.2, -0.15) is 13.2 Å². The summed E-state index contributed by atoms with van der Waals surface area (Å²) in [6, 6.07) is 8.78. The largest absolute Gasteiger partial charge is 0.460 e. The Bertz CT molecular complexity index is 741. The average Bonchev–Trinajstić information content (AvgIpc) is 2.62. The summed E-state index contributed by atoms with van der Waals surface area (Å²) in [5.41, 5.74) is 1.76. The van der Waals surface area contributed by atoms with Crippen LogP contribution in [0.1, 0.15) is 53.0 Å². The number of rotatable bonds is 9. The van der Waals surface area contributed by atoms with E-state index in [-0.39, 0.29) is 12.3 Å². The lowest BCUT2D eigenvalue weighted by Crippen LogP contribution is -2.46. The van der Waals surface area contributed by atoms with Gasteiger partial charge in [0, 0.05) is 0 Å². The number of ether oxygens (including phenoxy) is 1. The van der Waals surface area contributed by atoms with Crippen LogP contribution in [-0.2, 0) is 14.3 Å². The summed E-state index contributed by atoms with van der Waals surface area (Å²) in [4.78, 5) is 25.7. The molecule has 0 fully saturated rings. The van der Waals surface area contributed by atoms with E-state index in [1.807, 2.05) is 19.3 Å². The van der Waals surface area contributed by atoms with Crippen molar-refractivity contribution in [3.05, 3.63) is 42.0 Å². The van der Waals surface area contributed by atoms with Crippen molar-refractivity contribution in [3.8, 4) is 0 Å². The van der Waals surface area contributed by atoms with Gasteiger partial charge in [-0.25, -0.2) is 5.84 Å². The van der Waals surface area contributed by atoms with Gasteiger partial charge in [-0.1, -0.05) is 56.3 Å². The topological polar surface area (TPSA) is 81.4 Å². The van der Waals surface area contributed by atoms with Gasteiger partial charge in [-0.3, -0.25) is 15.0 Å². The van der Waals surface area contributed by atoms with Crippen molar-refractivity contribution in [2.45, 2.75) is 59.2 Å². The van der Waals surface area contributed by atoms with Crippen LogP contribution in [0.4, 0.5) is 13.2 Å². The number of carbonyl (C=O) groups is 2. The zero-order chi connectivity index (χ0) is 23.8. The highest BCUT2D eigenvalue weighted by atomic mass is 19.4. The first-order valence-electron chi connectivity index (χ1n) is 10.3. The lowest BCUT2D eigenvalue weighted by Gasteiger charge is -2.33. The van der Waals surface area contributed by atoms with E-state index in [2.05, 4.69) is 0 Å². The van der Waals surface area contributed by atoms with Crippen LogP contribution in [0.2, 0.25) is 0 Å². The van der Waals surface area contributed by atoms with Gasteiger partial charge in [0.2, 0.25) is 5.91 Å². The molecule has 0 spiro atoms. The second-order valence-corrected chi connectivity index (χ2v) is 9.06. The minimum Gasteiger partial charge on any atom is -0.460 e. The SMILES string of the molecule is CC(C)C[C@@H](C(=O)NN)[C@@H](C(=O)OC(C)(C)C)C(/C=C/c1ccccc1)CC(F)(F)F. The van der Waals surface area contributed by atoms with Crippen molar-refractivity contribution in [1.29, 1.82) is 0 Å². The number of carbonyl (C=O) groups excluding carboxylic acids is 2. The molecule has 0 radical (unpaired) electrons. The number of esters is 1. The second kappa shape index (κ2) is 11.3. The Hall–Kier alpha value is -2.35. The average molecular weight is 443 g/mol. The third-order valence-corrected chi connectivity index (χ3v) is 4.58. The molecule has 3 N–H and O–H groups in total. The standard InChI is InChI=1S/C23H33F3N2O3/c1-15(2)13-18(20(29)28-27)19(21(30)31-22(3,4)5)17(14-23(24,25)26)12-11-16-9-7-6-8-10-16/h6-12,15,17-19H,13-14,27H2,1-5H3,(H,28,29)/b12-11+/t17?,18-,19+/m1/s1. The lowest BCUT2D eigenvalue weighted by molar-refractivity contribution is -0.172. The van der Waals surface area contributed by atoms with Crippen molar-refractivity contribution in [2.24, 2.45) is 29.5 Å². The molecule has 3 atom stereocenters. The Labute approximate surface area is 182 Å². The molecule has 5 nitrogen and oxygen atoms in total. The van der Waals surface area contributed by atoms with Crippen molar-refractivity contribution >= 4 is 18.0 Å². The number of benzene rings is 1. The molecular formula is C23H33F3N2O3. The first kappa shape index (κ1) is 26.7. The number of halogens is 3. The molecular weight excluding hydrogens is 409 g/mol. The van der Waals surface area contributed by atoms with Crippen LogP contribution in [0.5, 0.6) is 0 Å². The molecule has 1 amide bonds. The zero-order valence-corrected chi connectivity index (χ0v) is 18.7. The zero-order valence-electron chi connectivity index (χ0n) is 18.7. The Morgan fingerprint density at radius 3 is 2.16 bits per heavy atom. The lowest BCUT2D eigenvalue weighted by atomic mass is 9.75. The van der Waals surface area contributed by atoms with Crippen LogP contribution < -0.4 is 11.3 Å². The Balaban J connectivity index is 3.50. The van der Waals surface area contributed by atoms with Crippen molar-refractivity contribution in [2.75, 3.05) is 0 Å². The fourth-order valence-electron chi connectivity index (χ4n) is 3.42. The minimum atomic E-state index is -4.55.